The normalized spacial score (nSPS) is 11.8. The van der Waals surface area contributed by atoms with Crippen molar-refractivity contribution in [1.29, 1.82) is 0 Å². The molecule has 2 N–H and O–H groups in total. The van der Waals surface area contributed by atoms with Crippen LogP contribution in [0.5, 0.6) is 0 Å². The van der Waals surface area contributed by atoms with Crippen LogP contribution >= 0.6 is 23.2 Å². The molecule has 0 aliphatic carbocycles. The number of carboxylic acid groups (broad SMARTS) is 1. The Balaban J connectivity index is 2.64. The lowest BCUT2D eigenvalue weighted by Crippen LogP contribution is -2.39. The van der Waals surface area contributed by atoms with E-state index in [1.54, 1.807) is 0 Å². The largest absolute Gasteiger partial charge is 0.480 e. The number of rotatable bonds is 9. The molecule has 0 spiro atoms. The van der Waals surface area contributed by atoms with Crippen LogP contribution in [-0.2, 0) is 16.0 Å². The summed E-state index contributed by atoms with van der Waals surface area (Å²) in [5.41, 5.74) is 1.81. The molecule has 7 heteroatoms. The standard InChI is InChI=1S/C15H20Cl2N2O3/c1-11(15(21)22)18-14(20)10-12-2-4-13(5-3-12)19(8-6-16)9-7-17/h2-5,11H,6-10H2,1H3,(H,18,20)(H,21,22)/t11-/m1/s1. The van der Waals surface area contributed by atoms with E-state index in [9.17, 15) is 9.59 Å². The van der Waals surface area contributed by atoms with E-state index in [0.717, 1.165) is 11.3 Å². The van der Waals surface area contributed by atoms with Crippen LogP contribution < -0.4 is 10.2 Å². The van der Waals surface area contributed by atoms with Gasteiger partial charge < -0.3 is 15.3 Å². The van der Waals surface area contributed by atoms with Crippen LogP contribution in [0.4, 0.5) is 5.69 Å². The number of nitrogens with one attached hydrogen (secondary N) is 1. The van der Waals surface area contributed by atoms with E-state index < -0.39 is 12.0 Å². The van der Waals surface area contributed by atoms with Gasteiger partial charge in [0.25, 0.3) is 0 Å². The minimum Gasteiger partial charge on any atom is -0.480 e. The number of halogens is 2. The molecule has 1 aromatic carbocycles. The highest BCUT2D eigenvalue weighted by molar-refractivity contribution is 6.18. The summed E-state index contributed by atoms with van der Waals surface area (Å²) in [6, 6.07) is 6.60. The summed E-state index contributed by atoms with van der Waals surface area (Å²) in [6.07, 6.45) is 0.142. The molecule has 122 valence electrons. The zero-order chi connectivity index (χ0) is 16.5. The average Bonchev–Trinajstić information content (AvgIpc) is 2.47. The van der Waals surface area contributed by atoms with Crippen molar-refractivity contribution in [2.24, 2.45) is 0 Å². The van der Waals surface area contributed by atoms with Gasteiger partial charge in [0, 0.05) is 30.5 Å². The highest BCUT2D eigenvalue weighted by Gasteiger charge is 2.14. The molecule has 0 aromatic heterocycles. The molecule has 0 aliphatic rings. The number of carbonyl (C=O) groups excluding carboxylic acids is 1. The summed E-state index contributed by atoms with van der Waals surface area (Å²) >= 11 is 11.5. The fraction of sp³-hybridized carbons (Fsp3) is 0.467. The Bertz CT molecular complexity index is 488. The third-order valence-corrected chi connectivity index (χ3v) is 3.46. The molecule has 0 saturated carbocycles. The van der Waals surface area contributed by atoms with Gasteiger partial charge in [0.05, 0.1) is 6.42 Å². The Morgan fingerprint density at radius 1 is 1.18 bits per heavy atom. The van der Waals surface area contributed by atoms with E-state index in [1.807, 2.05) is 24.3 Å². The molecule has 1 rings (SSSR count). The van der Waals surface area contributed by atoms with Gasteiger partial charge in [-0.2, -0.15) is 0 Å². The van der Waals surface area contributed by atoms with E-state index in [1.165, 1.54) is 6.92 Å². The zero-order valence-corrected chi connectivity index (χ0v) is 13.9. The summed E-state index contributed by atoms with van der Waals surface area (Å²) in [4.78, 5) is 24.5. The van der Waals surface area contributed by atoms with Crippen molar-refractivity contribution >= 4 is 40.8 Å². The van der Waals surface area contributed by atoms with Gasteiger partial charge in [0.2, 0.25) is 5.91 Å². The number of carbonyl (C=O) groups is 2. The minimum absolute atomic E-state index is 0.142. The predicted octanol–water partition coefficient (Wildman–Crippen LogP) is 2.10. The van der Waals surface area contributed by atoms with Crippen molar-refractivity contribution < 1.29 is 14.7 Å². The van der Waals surface area contributed by atoms with Crippen LogP contribution in [0.2, 0.25) is 0 Å². The fourth-order valence-corrected chi connectivity index (χ4v) is 2.35. The molecule has 0 heterocycles. The number of hydrogen-bond donors (Lipinski definition) is 2. The molecular weight excluding hydrogens is 327 g/mol. The van der Waals surface area contributed by atoms with Crippen LogP contribution in [-0.4, -0.2) is 47.9 Å². The van der Waals surface area contributed by atoms with E-state index in [-0.39, 0.29) is 12.3 Å². The van der Waals surface area contributed by atoms with Gasteiger partial charge in [-0.25, -0.2) is 0 Å². The second-order valence-electron chi connectivity index (χ2n) is 4.84. The zero-order valence-electron chi connectivity index (χ0n) is 12.4. The summed E-state index contributed by atoms with van der Waals surface area (Å²) in [7, 11) is 0. The molecule has 1 aromatic rings. The average molecular weight is 347 g/mol. The van der Waals surface area contributed by atoms with E-state index in [4.69, 9.17) is 28.3 Å². The first kappa shape index (κ1) is 18.6. The van der Waals surface area contributed by atoms with Crippen LogP contribution in [0.1, 0.15) is 12.5 Å². The maximum atomic E-state index is 11.7. The quantitative estimate of drug-likeness (QED) is 0.672. The molecule has 0 saturated heterocycles. The lowest BCUT2D eigenvalue weighted by atomic mass is 10.1. The van der Waals surface area contributed by atoms with Crippen molar-refractivity contribution in [1.82, 2.24) is 5.32 Å². The number of aliphatic carboxylic acids is 1. The number of nitrogens with zero attached hydrogens (tertiary/aromatic N) is 1. The molecule has 1 amide bonds. The summed E-state index contributed by atoms with van der Waals surface area (Å²) in [5.74, 6) is -0.357. The van der Waals surface area contributed by atoms with Crippen molar-refractivity contribution in [2.75, 3.05) is 29.7 Å². The molecule has 0 aliphatic heterocycles. The second-order valence-corrected chi connectivity index (χ2v) is 5.59. The number of anilines is 1. The summed E-state index contributed by atoms with van der Waals surface area (Å²) in [5, 5.41) is 11.2. The van der Waals surface area contributed by atoms with E-state index in [2.05, 4.69) is 10.2 Å². The SMILES string of the molecule is C[C@@H](NC(=O)Cc1ccc(N(CCCl)CCCl)cc1)C(=O)O. The first-order valence-corrected chi connectivity index (χ1v) is 8.02. The highest BCUT2D eigenvalue weighted by Crippen LogP contribution is 2.16. The number of hydrogen-bond acceptors (Lipinski definition) is 3. The van der Waals surface area contributed by atoms with Crippen LogP contribution in [0, 0.1) is 0 Å². The Kier molecular flexibility index (Phi) is 8.06. The monoisotopic (exact) mass is 346 g/mol. The maximum Gasteiger partial charge on any atom is 0.325 e. The molecule has 0 radical (unpaired) electrons. The highest BCUT2D eigenvalue weighted by atomic mass is 35.5. The number of amides is 1. The first-order valence-electron chi connectivity index (χ1n) is 6.96. The van der Waals surface area contributed by atoms with Gasteiger partial charge in [0.15, 0.2) is 0 Å². The third kappa shape index (κ3) is 6.12. The molecule has 0 bridgehead atoms. The molecule has 5 nitrogen and oxygen atoms in total. The predicted molar refractivity (Wildman–Crippen MR) is 89.0 cm³/mol. The van der Waals surface area contributed by atoms with E-state index >= 15 is 0 Å². The second kappa shape index (κ2) is 9.54. The van der Waals surface area contributed by atoms with Crippen molar-refractivity contribution in [2.45, 2.75) is 19.4 Å². The third-order valence-electron chi connectivity index (χ3n) is 3.12. The Labute approximate surface area is 140 Å². The van der Waals surface area contributed by atoms with Gasteiger partial charge in [-0.1, -0.05) is 12.1 Å². The van der Waals surface area contributed by atoms with Crippen LogP contribution in [0.15, 0.2) is 24.3 Å². The Morgan fingerprint density at radius 2 is 1.73 bits per heavy atom. The fourth-order valence-electron chi connectivity index (χ4n) is 1.94. The molecule has 1 atom stereocenters. The Morgan fingerprint density at radius 3 is 2.18 bits per heavy atom. The van der Waals surface area contributed by atoms with Gasteiger partial charge in [-0.05, 0) is 24.6 Å². The van der Waals surface area contributed by atoms with Gasteiger partial charge in [0.1, 0.15) is 6.04 Å². The molecular formula is C15H20Cl2N2O3. The van der Waals surface area contributed by atoms with E-state index in [0.29, 0.717) is 24.8 Å². The lowest BCUT2D eigenvalue weighted by molar-refractivity contribution is -0.141. The molecule has 22 heavy (non-hydrogen) atoms. The summed E-state index contributed by atoms with van der Waals surface area (Å²) < 4.78 is 0. The van der Waals surface area contributed by atoms with Crippen molar-refractivity contribution in [3.63, 3.8) is 0 Å². The topological polar surface area (TPSA) is 69.6 Å². The first-order chi connectivity index (χ1) is 10.5. The Hall–Kier alpha value is -1.46. The summed E-state index contributed by atoms with van der Waals surface area (Å²) in [6.45, 7) is 2.83. The number of benzene rings is 1. The number of carboxylic acids is 1. The van der Waals surface area contributed by atoms with Crippen molar-refractivity contribution in [3.8, 4) is 0 Å². The molecule has 0 unspecified atom stereocenters. The number of alkyl halides is 2. The van der Waals surface area contributed by atoms with Gasteiger partial charge >= 0.3 is 5.97 Å². The smallest absolute Gasteiger partial charge is 0.325 e. The van der Waals surface area contributed by atoms with Gasteiger partial charge in [-0.15, -0.1) is 23.2 Å². The van der Waals surface area contributed by atoms with Crippen LogP contribution in [0.25, 0.3) is 0 Å². The minimum atomic E-state index is -1.05. The van der Waals surface area contributed by atoms with Crippen molar-refractivity contribution in [3.05, 3.63) is 29.8 Å². The lowest BCUT2D eigenvalue weighted by Gasteiger charge is -2.23. The van der Waals surface area contributed by atoms with Crippen LogP contribution in [0.3, 0.4) is 0 Å². The molecule has 0 fully saturated rings. The van der Waals surface area contributed by atoms with Gasteiger partial charge in [-0.3, -0.25) is 9.59 Å². The maximum absolute atomic E-state index is 11.7.